The summed E-state index contributed by atoms with van der Waals surface area (Å²) in [6.07, 6.45) is 0.802. The second-order valence-corrected chi connectivity index (χ2v) is 3.92. The molecule has 1 atom stereocenters. The third kappa shape index (κ3) is 4.16. The van der Waals surface area contributed by atoms with Gasteiger partial charge in [0.1, 0.15) is 0 Å². The van der Waals surface area contributed by atoms with E-state index in [-0.39, 0.29) is 19.0 Å². The highest BCUT2D eigenvalue weighted by Crippen LogP contribution is 2.05. The van der Waals surface area contributed by atoms with Gasteiger partial charge in [0.05, 0.1) is 12.5 Å². The summed E-state index contributed by atoms with van der Waals surface area (Å²) < 4.78 is 4.92. The average Bonchev–Trinajstić information content (AvgIpc) is 2.41. The zero-order valence-corrected chi connectivity index (χ0v) is 9.44. The molecule has 1 heterocycles. The van der Waals surface area contributed by atoms with Crippen LogP contribution in [0.25, 0.3) is 0 Å². The van der Waals surface area contributed by atoms with Gasteiger partial charge in [0.25, 0.3) is 0 Å². The average molecular weight is 230 g/mol. The molecule has 1 unspecified atom stereocenters. The molecule has 0 aliphatic carbocycles. The Balaban J connectivity index is 2.46. The van der Waals surface area contributed by atoms with Gasteiger partial charge in [-0.05, 0) is 6.42 Å². The first kappa shape index (κ1) is 12.9. The third-order valence-electron chi connectivity index (χ3n) is 2.56. The largest absolute Gasteiger partial charge is 0.481 e. The van der Waals surface area contributed by atoms with Gasteiger partial charge in [-0.15, -0.1) is 0 Å². The number of aliphatic carboxylic acids is 1. The van der Waals surface area contributed by atoms with Crippen LogP contribution in [0.2, 0.25) is 0 Å². The summed E-state index contributed by atoms with van der Waals surface area (Å²) in [4.78, 5) is 24.1. The van der Waals surface area contributed by atoms with Crippen molar-refractivity contribution >= 4 is 11.9 Å². The summed E-state index contributed by atoms with van der Waals surface area (Å²) in [7, 11) is 1.62. The van der Waals surface area contributed by atoms with E-state index in [1.165, 1.54) is 0 Å². The molecule has 1 saturated heterocycles. The van der Waals surface area contributed by atoms with E-state index in [0.717, 1.165) is 6.42 Å². The summed E-state index contributed by atoms with van der Waals surface area (Å²) in [6.45, 7) is 2.21. The summed E-state index contributed by atoms with van der Waals surface area (Å²) in [5, 5.41) is 11.5. The number of carbonyl (C=O) groups excluding carboxylic acids is 1. The van der Waals surface area contributed by atoms with Crippen LogP contribution >= 0.6 is 0 Å². The monoisotopic (exact) mass is 230 g/mol. The number of methoxy groups -OCH3 is 1. The van der Waals surface area contributed by atoms with Gasteiger partial charge in [0.2, 0.25) is 5.91 Å². The molecule has 92 valence electrons. The molecule has 6 nitrogen and oxygen atoms in total. The number of nitrogens with zero attached hydrogens (tertiary/aromatic N) is 1. The highest BCUT2D eigenvalue weighted by molar-refractivity contribution is 5.80. The number of hydrogen-bond acceptors (Lipinski definition) is 4. The van der Waals surface area contributed by atoms with E-state index in [0.29, 0.717) is 19.7 Å². The van der Waals surface area contributed by atoms with E-state index in [2.05, 4.69) is 5.32 Å². The first-order valence-corrected chi connectivity index (χ1v) is 5.34. The summed E-state index contributed by atoms with van der Waals surface area (Å²) in [5.74, 6) is -1.49. The van der Waals surface area contributed by atoms with Crippen LogP contribution in [0.4, 0.5) is 0 Å². The molecular formula is C10H18N2O4. The predicted octanol–water partition coefficient (Wildman–Crippen LogP) is -0.844. The Hall–Kier alpha value is -1.14. The summed E-state index contributed by atoms with van der Waals surface area (Å²) >= 11 is 0. The number of carboxylic acids is 1. The normalized spacial score (nSPS) is 22.6. The highest BCUT2D eigenvalue weighted by Gasteiger charge is 2.26. The lowest BCUT2D eigenvalue weighted by Crippen LogP contribution is -2.35. The number of nitrogens with one attached hydrogen (secondary N) is 1. The quantitative estimate of drug-likeness (QED) is 0.602. The first-order chi connectivity index (χ1) is 7.63. The van der Waals surface area contributed by atoms with Crippen molar-refractivity contribution in [3.63, 3.8) is 0 Å². The molecule has 2 N–H and O–H groups in total. The molecule has 0 bridgehead atoms. The Bertz CT molecular complexity index is 257. The van der Waals surface area contributed by atoms with Gasteiger partial charge < -0.3 is 15.2 Å². The van der Waals surface area contributed by atoms with Crippen LogP contribution in [0.3, 0.4) is 0 Å². The first-order valence-electron chi connectivity index (χ1n) is 5.34. The van der Waals surface area contributed by atoms with Crippen molar-refractivity contribution in [2.24, 2.45) is 5.92 Å². The number of hydrogen-bond donors (Lipinski definition) is 2. The zero-order chi connectivity index (χ0) is 12.0. The van der Waals surface area contributed by atoms with Crippen molar-refractivity contribution in [3.05, 3.63) is 0 Å². The van der Waals surface area contributed by atoms with Gasteiger partial charge >= 0.3 is 5.97 Å². The summed E-state index contributed by atoms with van der Waals surface area (Å²) in [6, 6.07) is 0. The van der Waals surface area contributed by atoms with Gasteiger partial charge in [0.15, 0.2) is 0 Å². The lowest BCUT2D eigenvalue weighted by atomic mass is 10.1. The van der Waals surface area contributed by atoms with Crippen molar-refractivity contribution in [1.29, 1.82) is 0 Å². The number of amides is 1. The Labute approximate surface area is 94.6 Å². The minimum absolute atomic E-state index is 0.110. The zero-order valence-electron chi connectivity index (χ0n) is 9.44. The Morgan fingerprint density at radius 2 is 2.44 bits per heavy atom. The standard InChI is InChI=1S/C10H18N2O4/c1-16-4-2-3-12-6-8(10(14)15)5-11-9(13)7-12/h8H,2-7H2,1H3,(H,11,13)(H,14,15). The van der Waals surface area contributed by atoms with E-state index in [1.54, 1.807) is 7.11 Å². The molecule has 1 fully saturated rings. The fraction of sp³-hybridized carbons (Fsp3) is 0.800. The van der Waals surface area contributed by atoms with Gasteiger partial charge in [-0.25, -0.2) is 0 Å². The highest BCUT2D eigenvalue weighted by atomic mass is 16.5. The maximum absolute atomic E-state index is 11.3. The molecule has 6 heteroatoms. The molecule has 0 aromatic carbocycles. The van der Waals surface area contributed by atoms with E-state index >= 15 is 0 Å². The van der Waals surface area contributed by atoms with Crippen LogP contribution in [-0.2, 0) is 14.3 Å². The molecule has 0 spiro atoms. The number of carbonyl (C=O) groups is 2. The molecule has 1 rings (SSSR count). The molecule has 0 aromatic rings. The van der Waals surface area contributed by atoms with E-state index < -0.39 is 11.9 Å². The van der Waals surface area contributed by atoms with Crippen LogP contribution in [0.5, 0.6) is 0 Å². The predicted molar refractivity (Wildman–Crippen MR) is 57.1 cm³/mol. The topological polar surface area (TPSA) is 78.9 Å². The van der Waals surface area contributed by atoms with Crippen LogP contribution in [-0.4, -0.2) is 61.8 Å². The molecule has 0 aromatic heterocycles. The van der Waals surface area contributed by atoms with Crippen molar-refractivity contribution < 1.29 is 19.4 Å². The second kappa shape index (κ2) is 6.44. The fourth-order valence-electron chi connectivity index (χ4n) is 1.71. The fourth-order valence-corrected chi connectivity index (χ4v) is 1.71. The Morgan fingerprint density at radius 1 is 1.69 bits per heavy atom. The molecule has 1 aliphatic heterocycles. The Kier molecular flexibility index (Phi) is 5.21. The van der Waals surface area contributed by atoms with Crippen molar-refractivity contribution in [2.45, 2.75) is 6.42 Å². The number of ether oxygens (including phenoxy) is 1. The van der Waals surface area contributed by atoms with E-state index in [1.807, 2.05) is 4.90 Å². The lowest BCUT2D eigenvalue weighted by Gasteiger charge is -2.20. The van der Waals surface area contributed by atoms with Crippen LogP contribution in [0.15, 0.2) is 0 Å². The van der Waals surface area contributed by atoms with Gasteiger partial charge in [-0.1, -0.05) is 0 Å². The second-order valence-electron chi connectivity index (χ2n) is 3.92. The molecule has 0 radical (unpaired) electrons. The molecule has 0 saturated carbocycles. The molecule has 1 amide bonds. The van der Waals surface area contributed by atoms with Gasteiger partial charge in [-0.3, -0.25) is 14.5 Å². The van der Waals surface area contributed by atoms with Crippen LogP contribution in [0.1, 0.15) is 6.42 Å². The maximum Gasteiger partial charge on any atom is 0.309 e. The summed E-state index contributed by atoms with van der Waals surface area (Å²) in [5.41, 5.74) is 0. The molecule has 1 aliphatic rings. The van der Waals surface area contributed by atoms with E-state index in [4.69, 9.17) is 9.84 Å². The third-order valence-corrected chi connectivity index (χ3v) is 2.56. The minimum atomic E-state index is -0.862. The molecular weight excluding hydrogens is 212 g/mol. The Morgan fingerprint density at radius 3 is 3.06 bits per heavy atom. The van der Waals surface area contributed by atoms with Crippen molar-refractivity contribution in [2.75, 3.05) is 39.9 Å². The minimum Gasteiger partial charge on any atom is -0.481 e. The number of rotatable bonds is 5. The van der Waals surface area contributed by atoms with Gasteiger partial charge in [0, 0.05) is 33.4 Å². The van der Waals surface area contributed by atoms with E-state index in [9.17, 15) is 9.59 Å². The smallest absolute Gasteiger partial charge is 0.309 e. The SMILES string of the molecule is COCCCN1CC(=O)NCC(C(=O)O)C1. The molecule has 16 heavy (non-hydrogen) atoms. The van der Waals surface area contributed by atoms with Crippen LogP contribution < -0.4 is 5.32 Å². The lowest BCUT2D eigenvalue weighted by molar-refractivity contribution is -0.141. The van der Waals surface area contributed by atoms with Gasteiger partial charge in [-0.2, -0.15) is 0 Å². The van der Waals surface area contributed by atoms with Crippen molar-refractivity contribution in [3.8, 4) is 0 Å². The van der Waals surface area contributed by atoms with Crippen molar-refractivity contribution in [1.82, 2.24) is 10.2 Å². The maximum atomic E-state index is 11.3. The number of carboxylic acid groups (broad SMARTS) is 1. The van der Waals surface area contributed by atoms with Crippen LogP contribution in [0, 0.1) is 5.92 Å².